The van der Waals surface area contributed by atoms with E-state index in [-0.39, 0.29) is 11.4 Å². The number of benzene rings is 1. The van der Waals surface area contributed by atoms with E-state index in [0.29, 0.717) is 0 Å². The molecule has 15 heavy (non-hydrogen) atoms. The molecule has 0 radical (unpaired) electrons. The van der Waals surface area contributed by atoms with Gasteiger partial charge in [0.15, 0.2) is 0 Å². The van der Waals surface area contributed by atoms with Crippen LogP contribution in [0, 0.1) is 0 Å². The molecule has 1 aromatic carbocycles. The summed E-state index contributed by atoms with van der Waals surface area (Å²) >= 11 is 0. The maximum Gasteiger partial charge on any atom is 0.298 e. The molecule has 0 aliphatic heterocycles. The first kappa shape index (κ1) is 11.5. The average Bonchev–Trinajstić information content (AvgIpc) is 1.99. The Bertz CT molecular complexity index is 495. The summed E-state index contributed by atoms with van der Waals surface area (Å²) in [5.74, 6) is -0.453. The number of hydrogen-bond donors (Lipinski definition) is 3. The molecule has 0 saturated heterocycles. The fourth-order valence-corrected chi connectivity index (χ4v) is 1.89. The van der Waals surface area contributed by atoms with Crippen LogP contribution in [-0.4, -0.2) is 18.9 Å². The molecule has 0 aliphatic carbocycles. The van der Waals surface area contributed by atoms with E-state index >= 15 is 0 Å². The predicted octanol–water partition coefficient (Wildman–Crippen LogP) is 0.474. The lowest BCUT2D eigenvalue weighted by molar-refractivity contribution is -0.114. The van der Waals surface area contributed by atoms with E-state index in [1.807, 2.05) is 0 Å². The minimum absolute atomic E-state index is 0.0370. The van der Waals surface area contributed by atoms with Crippen LogP contribution in [0.4, 0.5) is 11.4 Å². The lowest BCUT2D eigenvalue weighted by atomic mass is 10.3. The van der Waals surface area contributed by atoms with Gasteiger partial charge in [0.05, 0.1) is 11.4 Å². The fourth-order valence-electron chi connectivity index (χ4n) is 1.13. The van der Waals surface area contributed by atoms with Gasteiger partial charge in [-0.05, 0) is 12.1 Å². The van der Waals surface area contributed by atoms with Gasteiger partial charge < -0.3 is 11.1 Å². The molecule has 0 bridgehead atoms. The highest BCUT2D eigenvalue weighted by Gasteiger charge is 2.19. The van der Waals surface area contributed by atoms with Crippen molar-refractivity contribution in [2.75, 3.05) is 11.1 Å². The first-order valence-corrected chi connectivity index (χ1v) is 5.40. The van der Waals surface area contributed by atoms with Gasteiger partial charge in [0.25, 0.3) is 10.1 Å². The van der Waals surface area contributed by atoms with Crippen LogP contribution in [0.5, 0.6) is 0 Å². The van der Waals surface area contributed by atoms with Gasteiger partial charge in [-0.2, -0.15) is 8.42 Å². The second-order valence-corrected chi connectivity index (χ2v) is 4.24. The third-order valence-electron chi connectivity index (χ3n) is 1.61. The van der Waals surface area contributed by atoms with Gasteiger partial charge in [0, 0.05) is 6.92 Å². The normalized spacial score (nSPS) is 11.1. The number of carbonyl (C=O) groups is 1. The average molecular weight is 230 g/mol. The molecule has 0 aromatic heterocycles. The van der Waals surface area contributed by atoms with Gasteiger partial charge in [-0.25, -0.2) is 0 Å². The van der Waals surface area contributed by atoms with Gasteiger partial charge in [-0.3, -0.25) is 9.35 Å². The molecule has 4 N–H and O–H groups in total. The summed E-state index contributed by atoms with van der Waals surface area (Å²) in [6.45, 7) is 1.22. The van der Waals surface area contributed by atoms with E-state index in [1.54, 1.807) is 0 Å². The molecule has 82 valence electrons. The Labute approximate surface area is 86.8 Å². The zero-order valence-corrected chi connectivity index (χ0v) is 8.71. The zero-order valence-electron chi connectivity index (χ0n) is 7.89. The Hall–Kier alpha value is -1.60. The fraction of sp³-hybridized carbons (Fsp3) is 0.125. The minimum atomic E-state index is -4.45. The standard InChI is InChI=1S/C8H10N2O4S/c1-5(11)10-7-4-2-3-6(9)8(7)15(12,13)14/h2-4H,9H2,1H3,(H,10,11)(H,12,13,14). The van der Waals surface area contributed by atoms with Gasteiger partial charge in [0.1, 0.15) is 4.90 Å². The van der Waals surface area contributed by atoms with E-state index in [4.69, 9.17) is 10.3 Å². The van der Waals surface area contributed by atoms with Crippen LogP contribution in [0.1, 0.15) is 6.92 Å². The molecule has 0 saturated carbocycles. The number of amides is 1. The lowest BCUT2D eigenvalue weighted by Crippen LogP contribution is -2.12. The van der Waals surface area contributed by atoms with Crippen molar-refractivity contribution >= 4 is 27.4 Å². The number of rotatable bonds is 2. The molecule has 0 unspecified atom stereocenters. The molecular formula is C8H10N2O4S. The quantitative estimate of drug-likeness (QED) is 0.505. The number of nitrogen functional groups attached to an aromatic ring is 1. The van der Waals surface area contributed by atoms with Crippen molar-refractivity contribution in [3.8, 4) is 0 Å². The Morgan fingerprint density at radius 2 is 2.07 bits per heavy atom. The monoisotopic (exact) mass is 230 g/mol. The first-order chi connectivity index (χ1) is 6.82. The summed E-state index contributed by atoms with van der Waals surface area (Å²) in [5, 5.41) is 2.26. The van der Waals surface area contributed by atoms with Crippen molar-refractivity contribution in [2.45, 2.75) is 11.8 Å². The maximum absolute atomic E-state index is 11.0. The van der Waals surface area contributed by atoms with Crippen LogP contribution in [0.15, 0.2) is 23.1 Å². The maximum atomic E-state index is 11.0. The molecular weight excluding hydrogens is 220 g/mol. The largest absolute Gasteiger partial charge is 0.398 e. The van der Waals surface area contributed by atoms with Crippen molar-refractivity contribution in [3.63, 3.8) is 0 Å². The molecule has 1 aromatic rings. The van der Waals surface area contributed by atoms with Gasteiger partial charge in [-0.1, -0.05) is 6.07 Å². The lowest BCUT2D eigenvalue weighted by Gasteiger charge is -2.09. The third kappa shape index (κ3) is 2.67. The molecule has 0 aliphatic rings. The van der Waals surface area contributed by atoms with Crippen LogP contribution in [0.25, 0.3) is 0 Å². The van der Waals surface area contributed by atoms with Crippen molar-refractivity contribution in [1.29, 1.82) is 0 Å². The summed E-state index contributed by atoms with van der Waals surface area (Å²) in [5.41, 5.74) is 5.23. The second-order valence-electron chi connectivity index (χ2n) is 2.88. The van der Waals surface area contributed by atoms with E-state index in [1.165, 1.54) is 25.1 Å². The number of anilines is 2. The van der Waals surface area contributed by atoms with Crippen molar-refractivity contribution in [3.05, 3.63) is 18.2 Å². The summed E-state index contributed by atoms with van der Waals surface area (Å²) < 4.78 is 30.9. The Balaban J connectivity index is 3.40. The number of carbonyl (C=O) groups excluding carboxylic acids is 1. The zero-order chi connectivity index (χ0) is 11.6. The van der Waals surface area contributed by atoms with Crippen LogP contribution >= 0.6 is 0 Å². The number of nitrogens with one attached hydrogen (secondary N) is 1. The number of hydrogen-bond acceptors (Lipinski definition) is 4. The van der Waals surface area contributed by atoms with E-state index in [2.05, 4.69) is 5.32 Å². The molecule has 0 atom stereocenters. The van der Waals surface area contributed by atoms with Gasteiger partial charge in [0.2, 0.25) is 5.91 Å². The van der Waals surface area contributed by atoms with Crippen LogP contribution < -0.4 is 11.1 Å². The summed E-state index contributed by atoms with van der Waals surface area (Å²) in [6, 6.07) is 4.12. The van der Waals surface area contributed by atoms with Gasteiger partial charge in [-0.15, -0.1) is 0 Å². The minimum Gasteiger partial charge on any atom is -0.398 e. The summed E-state index contributed by atoms with van der Waals surface area (Å²) in [4.78, 5) is 10.3. The second kappa shape index (κ2) is 3.87. The Morgan fingerprint density at radius 3 is 2.53 bits per heavy atom. The first-order valence-electron chi connectivity index (χ1n) is 3.96. The van der Waals surface area contributed by atoms with Crippen molar-refractivity contribution < 1.29 is 17.8 Å². The molecule has 0 spiro atoms. The van der Waals surface area contributed by atoms with Crippen LogP contribution in [0.3, 0.4) is 0 Å². The summed E-state index contributed by atoms with van der Waals surface area (Å²) in [7, 11) is -4.45. The van der Waals surface area contributed by atoms with Crippen molar-refractivity contribution in [1.82, 2.24) is 0 Å². The molecule has 7 heteroatoms. The van der Waals surface area contributed by atoms with E-state index < -0.39 is 20.9 Å². The van der Waals surface area contributed by atoms with Crippen LogP contribution in [-0.2, 0) is 14.9 Å². The molecule has 1 rings (SSSR count). The highest BCUT2D eigenvalue weighted by molar-refractivity contribution is 7.86. The molecule has 0 heterocycles. The van der Waals surface area contributed by atoms with Gasteiger partial charge >= 0.3 is 0 Å². The Morgan fingerprint density at radius 1 is 1.47 bits per heavy atom. The highest BCUT2D eigenvalue weighted by Crippen LogP contribution is 2.26. The SMILES string of the molecule is CC(=O)Nc1cccc(N)c1S(=O)(=O)O. The topological polar surface area (TPSA) is 109 Å². The van der Waals surface area contributed by atoms with E-state index in [9.17, 15) is 13.2 Å². The van der Waals surface area contributed by atoms with E-state index in [0.717, 1.165) is 0 Å². The third-order valence-corrected chi connectivity index (χ3v) is 2.59. The van der Waals surface area contributed by atoms with Crippen LogP contribution in [0.2, 0.25) is 0 Å². The number of nitrogens with two attached hydrogens (primary N) is 1. The summed E-state index contributed by atoms with van der Waals surface area (Å²) in [6.07, 6.45) is 0. The molecule has 0 fully saturated rings. The molecule has 1 amide bonds. The highest BCUT2D eigenvalue weighted by atomic mass is 32.2. The molecule has 6 nitrogen and oxygen atoms in total. The predicted molar refractivity (Wildman–Crippen MR) is 55.0 cm³/mol. The van der Waals surface area contributed by atoms with Crippen molar-refractivity contribution in [2.24, 2.45) is 0 Å². The smallest absolute Gasteiger partial charge is 0.298 e. The Kier molecular flexibility index (Phi) is 2.96.